The third kappa shape index (κ3) is 5.24. The molecule has 1 unspecified atom stereocenters. The van der Waals surface area contributed by atoms with Crippen molar-refractivity contribution in [3.8, 4) is 11.5 Å². The van der Waals surface area contributed by atoms with E-state index in [9.17, 15) is 13.2 Å². The van der Waals surface area contributed by atoms with E-state index in [-0.39, 0.29) is 24.6 Å². The van der Waals surface area contributed by atoms with Crippen molar-refractivity contribution in [2.45, 2.75) is 17.9 Å². The number of rotatable bonds is 7. The van der Waals surface area contributed by atoms with Crippen LogP contribution < -0.4 is 19.1 Å². The molecule has 3 aromatic rings. The fourth-order valence-corrected chi connectivity index (χ4v) is 5.19. The Morgan fingerprint density at radius 2 is 1.85 bits per heavy atom. The number of hydrogen-bond donors (Lipinski definition) is 1. The van der Waals surface area contributed by atoms with Crippen LogP contribution in [0.3, 0.4) is 0 Å². The van der Waals surface area contributed by atoms with Gasteiger partial charge in [-0.25, -0.2) is 8.42 Å². The standard InChI is InChI=1S/C24H22Cl2N2O5S/c1-16-6-9-18(14-20(16)26)32-13-12-27-24(29)23-15-28(21-4-2-3-5-22(21)33-23)34(30,31)19-10-7-17(25)8-11-19/h2-11,14,23H,12-13,15H2,1H3,(H,27,29). The number of nitrogens with one attached hydrogen (secondary N) is 1. The Hall–Kier alpha value is -2.94. The van der Waals surface area contributed by atoms with Crippen molar-refractivity contribution in [1.82, 2.24) is 5.32 Å². The van der Waals surface area contributed by atoms with Gasteiger partial charge in [0.2, 0.25) is 0 Å². The Balaban J connectivity index is 1.45. The molecule has 34 heavy (non-hydrogen) atoms. The largest absolute Gasteiger partial charge is 0.492 e. The molecule has 1 amide bonds. The number of sulfonamides is 1. The third-order valence-corrected chi connectivity index (χ3v) is 7.70. The van der Waals surface area contributed by atoms with Gasteiger partial charge < -0.3 is 14.8 Å². The van der Waals surface area contributed by atoms with Crippen molar-refractivity contribution in [2.24, 2.45) is 0 Å². The number of ether oxygens (including phenoxy) is 2. The third-order valence-electron chi connectivity index (χ3n) is 5.24. The van der Waals surface area contributed by atoms with E-state index in [4.69, 9.17) is 32.7 Å². The number of anilines is 1. The molecule has 0 spiro atoms. The van der Waals surface area contributed by atoms with Crippen molar-refractivity contribution in [3.05, 3.63) is 82.3 Å². The predicted octanol–water partition coefficient (Wildman–Crippen LogP) is 4.45. The Morgan fingerprint density at radius 1 is 1.12 bits per heavy atom. The lowest BCUT2D eigenvalue weighted by Crippen LogP contribution is -2.51. The molecule has 0 aliphatic carbocycles. The van der Waals surface area contributed by atoms with Crippen LogP contribution in [-0.2, 0) is 14.8 Å². The fourth-order valence-electron chi connectivity index (χ4n) is 3.42. The smallest absolute Gasteiger partial charge is 0.264 e. The second-order valence-corrected chi connectivity index (χ2v) is 10.3. The number of carbonyl (C=O) groups is 1. The van der Waals surface area contributed by atoms with Gasteiger partial charge in [-0.1, -0.05) is 41.4 Å². The van der Waals surface area contributed by atoms with Crippen LogP contribution in [0.1, 0.15) is 5.56 Å². The molecular formula is C24H22Cl2N2O5S. The maximum Gasteiger partial charge on any atom is 0.264 e. The molecule has 0 bridgehead atoms. The maximum atomic E-state index is 13.4. The number of halogens is 2. The summed E-state index contributed by atoms with van der Waals surface area (Å²) in [5.74, 6) is 0.446. The molecule has 0 fully saturated rings. The Labute approximate surface area is 208 Å². The predicted molar refractivity (Wildman–Crippen MR) is 132 cm³/mol. The molecule has 0 saturated heterocycles. The van der Waals surface area contributed by atoms with Crippen molar-refractivity contribution in [1.29, 1.82) is 0 Å². The number of aryl methyl sites for hydroxylation is 1. The molecule has 1 N–H and O–H groups in total. The van der Waals surface area contributed by atoms with E-state index < -0.39 is 22.0 Å². The second kappa shape index (κ2) is 10.1. The molecule has 1 atom stereocenters. The number of benzene rings is 3. The van der Waals surface area contributed by atoms with Gasteiger partial charge in [-0.05, 0) is 61.0 Å². The van der Waals surface area contributed by atoms with Crippen molar-refractivity contribution >= 4 is 44.8 Å². The molecule has 0 saturated carbocycles. The Bertz CT molecular complexity index is 1300. The van der Waals surface area contributed by atoms with Crippen LogP contribution in [0.4, 0.5) is 5.69 Å². The lowest BCUT2D eigenvalue weighted by molar-refractivity contribution is -0.127. The molecule has 3 aromatic carbocycles. The number of para-hydroxylation sites is 2. The van der Waals surface area contributed by atoms with E-state index >= 15 is 0 Å². The highest BCUT2D eigenvalue weighted by atomic mass is 35.5. The van der Waals surface area contributed by atoms with Crippen LogP contribution in [0.15, 0.2) is 71.6 Å². The first-order valence-electron chi connectivity index (χ1n) is 10.5. The van der Waals surface area contributed by atoms with Gasteiger partial charge in [0.05, 0.1) is 23.7 Å². The zero-order valence-electron chi connectivity index (χ0n) is 18.2. The molecule has 4 rings (SSSR count). The summed E-state index contributed by atoms with van der Waals surface area (Å²) in [6.45, 7) is 2.13. The van der Waals surface area contributed by atoms with E-state index in [0.29, 0.717) is 27.2 Å². The summed E-state index contributed by atoms with van der Waals surface area (Å²) in [4.78, 5) is 12.9. The van der Waals surface area contributed by atoms with Crippen LogP contribution in [0.5, 0.6) is 11.5 Å². The highest BCUT2D eigenvalue weighted by molar-refractivity contribution is 7.92. The number of hydrogen-bond acceptors (Lipinski definition) is 5. The van der Waals surface area contributed by atoms with Crippen molar-refractivity contribution in [3.63, 3.8) is 0 Å². The molecule has 0 radical (unpaired) electrons. The van der Waals surface area contributed by atoms with Gasteiger partial charge >= 0.3 is 0 Å². The van der Waals surface area contributed by atoms with Crippen LogP contribution >= 0.6 is 23.2 Å². The number of carbonyl (C=O) groups excluding carboxylic acids is 1. The fraction of sp³-hybridized carbons (Fsp3) is 0.208. The number of fused-ring (bicyclic) bond motifs is 1. The van der Waals surface area contributed by atoms with Gasteiger partial charge in [0, 0.05) is 10.0 Å². The summed E-state index contributed by atoms with van der Waals surface area (Å²) in [6, 6.07) is 17.9. The highest BCUT2D eigenvalue weighted by Crippen LogP contribution is 2.37. The monoisotopic (exact) mass is 520 g/mol. The van der Waals surface area contributed by atoms with Crippen LogP contribution in [0, 0.1) is 6.92 Å². The summed E-state index contributed by atoms with van der Waals surface area (Å²) >= 11 is 12.0. The van der Waals surface area contributed by atoms with Gasteiger partial charge in [-0.2, -0.15) is 0 Å². The van der Waals surface area contributed by atoms with Crippen LogP contribution in [0.25, 0.3) is 0 Å². The average molecular weight is 521 g/mol. The van der Waals surface area contributed by atoms with Gasteiger partial charge in [0.1, 0.15) is 18.1 Å². The minimum Gasteiger partial charge on any atom is -0.492 e. The van der Waals surface area contributed by atoms with Crippen LogP contribution in [0.2, 0.25) is 10.0 Å². The average Bonchev–Trinajstić information content (AvgIpc) is 2.83. The van der Waals surface area contributed by atoms with E-state index in [2.05, 4.69) is 5.32 Å². The zero-order valence-corrected chi connectivity index (χ0v) is 20.5. The van der Waals surface area contributed by atoms with Crippen molar-refractivity contribution < 1.29 is 22.7 Å². The quantitative estimate of drug-likeness (QED) is 0.465. The second-order valence-electron chi connectivity index (χ2n) is 7.61. The normalized spacial score (nSPS) is 15.3. The summed E-state index contributed by atoms with van der Waals surface area (Å²) < 4.78 is 39.4. The molecule has 1 aliphatic heterocycles. The zero-order chi connectivity index (χ0) is 24.3. The Morgan fingerprint density at radius 3 is 2.59 bits per heavy atom. The van der Waals surface area contributed by atoms with Crippen molar-refractivity contribution in [2.75, 3.05) is 24.0 Å². The Kier molecular flexibility index (Phi) is 7.21. The summed E-state index contributed by atoms with van der Waals surface area (Å²) in [5.41, 5.74) is 1.30. The van der Waals surface area contributed by atoms with Gasteiger partial charge in [-0.3, -0.25) is 9.10 Å². The minimum absolute atomic E-state index is 0.0675. The molecule has 10 heteroatoms. The first-order valence-corrected chi connectivity index (χ1v) is 12.7. The molecular weight excluding hydrogens is 499 g/mol. The maximum absolute atomic E-state index is 13.4. The van der Waals surface area contributed by atoms with Gasteiger partial charge in [-0.15, -0.1) is 0 Å². The molecule has 178 valence electrons. The van der Waals surface area contributed by atoms with Gasteiger partial charge in [0.15, 0.2) is 6.10 Å². The summed E-state index contributed by atoms with van der Waals surface area (Å²) in [5, 5.41) is 3.76. The topological polar surface area (TPSA) is 84.9 Å². The number of amides is 1. The van der Waals surface area contributed by atoms with E-state index in [0.717, 1.165) is 5.56 Å². The first kappa shape index (κ1) is 24.2. The van der Waals surface area contributed by atoms with E-state index in [1.807, 2.05) is 13.0 Å². The minimum atomic E-state index is -3.95. The first-order chi connectivity index (χ1) is 16.3. The van der Waals surface area contributed by atoms with E-state index in [1.165, 1.54) is 28.6 Å². The SMILES string of the molecule is Cc1ccc(OCCNC(=O)C2CN(S(=O)(=O)c3ccc(Cl)cc3)c3ccccc3O2)cc1Cl. The lowest BCUT2D eigenvalue weighted by atomic mass is 10.2. The van der Waals surface area contributed by atoms with E-state index in [1.54, 1.807) is 36.4 Å². The van der Waals surface area contributed by atoms with Gasteiger partial charge in [0.25, 0.3) is 15.9 Å². The molecule has 0 aromatic heterocycles. The number of nitrogens with zero attached hydrogens (tertiary/aromatic N) is 1. The molecule has 1 aliphatic rings. The highest BCUT2D eigenvalue weighted by Gasteiger charge is 2.37. The summed E-state index contributed by atoms with van der Waals surface area (Å²) in [6.07, 6.45) is -1.04. The molecule has 1 heterocycles. The van der Waals surface area contributed by atoms with Crippen LogP contribution in [-0.4, -0.2) is 40.1 Å². The molecule has 7 nitrogen and oxygen atoms in total. The lowest BCUT2D eigenvalue weighted by Gasteiger charge is -2.34. The summed E-state index contributed by atoms with van der Waals surface area (Å²) in [7, 11) is -3.95.